The molecular weight excluding hydrogens is 196 g/mol. The summed E-state index contributed by atoms with van der Waals surface area (Å²) in [4.78, 5) is 2.53. The van der Waals surface area contributed by atoms with Crippen LogP contribution in [0.5, 0.6) is 0 Å². The van der Waals surface area contributed by atoms with Gasteiger partial charge in [-0.25, -0.2) is 0 Å². The topological polar surface area (TPSA) is 29.3 Å². The van der Waals surface area contributed by atoms with Crippen molar-refractivity contribution in [2.45, 2.75) is 26.3 Å². The smallest absolute Gasteiger partial charge is 0.0236 e. The lowest BCUT2D eigenvalue weighted by Gasteiger charge is -2.17. The number of benzene rings is 1. The molecule has 2 N–H and O–H groups in total. The van der Waals surface area contributed by atoms with Gasteiger partial charge >= 0.3 is 0 Å². The van der Waals surface area contributed by atoms with Crippen LogP contribution in [0.15, 0.2) is 24.3 Å². The Hall–Kier alpha value is -0.860. The molecule has 0 aromatic heterocycles. The van der Waals surface area contributed by atoms with E-state index in [-0.39, 0.29) is 0 Å². The van der Waals surface area contributed by atoms with Crippen LogP contribution < -0.4 is 5.73 Å². The van der Waals surface area contributed by atoms with Gasteiger partial charge in [0.05, 0.1) is 0 Å². The molecule has 0 radical (unpaired) electrons. The fourth-order valence-electron chi connectivity index (χ4n) is 2.55. The maximum Gasteiger partial charge on any atom is 0.0236 e. The van der Waals surface area contributed by atoms with Crippen LogP contribution in [-0.2, 0) is 13.0 Å². The second-order valence-electron chi connectivity index (χ2n) is 4.75. The van der Waals surface area contributed by atoms with Crippen molar-refractivity contribution >= 4 is 0 Å². The molecule has 0 spiro atoms. The van der Waals surface area contributed by atoms with Gasteiger partial charge in [0.2, 0.25) is 0 Å². The van der Waals surface area contributed by atoms with Crippen molar-refractivity contribution in [2.24, 2.45) is 11.7 Å². The van der Waals surface area contributed by atoms with E-state index in [4.69, 9.17) is 5.73 Å². The van der Waals surface area contributed by atoms with Gasteiger partial charge in [0.1, 0.15) is 0 Å². The minimum absolute atomic E-state index is 0.716. The highest BCUT2D eigenvalue weighted by atomic mass is 15.1. The molecule has 1 aliphatic rings. The van der Waals surface area contributed by atoms with Gasteiger partial charge in [0, 0.05) is 13.1 Å². The molecule has 1 unspecified atom stereocenters. The van der Waals surface area contributed by atoms with Gasteiger partial charge in [-0.2, -0.15) is 0 Å². The molecule has 0 bridgehead atoms. The Balaban J connectivity index is 1.99. The van der Waals surface area contributed by atoms with Gasteiger partial charge in [-0.15, -0.1) is 0 Å². The van der Waals surface area contributed by atoms with Crippen molar-refractivity contribution in [3.63, 3.8) is 0 Å². The van der Waals surface area contributed by atoms with Gasteiger partial charge in [0.15, 0.2) is 0 Å². The first-order chi connectivity index (χ1) is 7.83. The second-order valence-corrected chi connectivity index (χ2v) is 4.75. The maximum atomic E-state index is 5.72. The van der Waals surface area contributed by atoms with Crippen LogP contribution in [0.4, 0.5) is 0 Å². The van der Waals surface area contributed by atoms with Gasteiger partial charge in [-0.05, 0) is 43.0 Å². The number of aryl methyl sites for hydroxylation is 1. The largest absolute Gasteiger partial charge is 0.330 e. The molecule has 1 aliphatic heterocycles. The van der Waals surface area contributed by atoms with Crippen molar-refractivity contribution < 1.29 is 0 Å². The van der Waals surface area contributed by atoms with E-state index in [1.807, 2.05) is 0 Å². The lowest BCUT2D eigenvalue weighted by Crippen LogP contribution is -2.23. The third-order valence-electron chi connectivity index (χ3n) is 3.60. The molecule has 1 fully saturated rings. The van der Waals surface area contributed by atoms with Crippen molar-refractivity contribution in [3.8, 4) is 0 Å². The van der Waals surface area contributed by atoms with E-state index < -0.39 is 0 Å². The summed E-state index contributed by atoms with van der Waals surface area (Å²) >= 11 is 0. The van der Waals surface area contributed by atoms with Crippen molar-refractivity contribution in [3.05, 3.63) is 35.4 Å². The zero-order valence-corrected chi connectivity index (χ0v) is 10.2. The lowest BCUT2D eigenvalue weighted by molar-refractivity contribution is 0.317. The quantitative estimate of drug-likeness (QED) is 0.838. The number of hydrogen-bond donors (Lipinski definition) is 1. The van der Waals surface area contributed by atoms with Crippen LogP contribution in [0, 0.1) is 5.92 Å². The minimum atomic E-state index is 0.716. The molecule has 88 valence electrons. The summed E-state index contributed by atoms with van der Waals surface area (Å²) in [5.41, 5.74) is 8.69. The zero-order chi connectivity index (χ0) is 11.4. The van der Waals surface area contributed by atoms with Crippen LogP contribution in [0.25, 0.3) is 0 Å². The SMILES string of the molecule is CCc1ccccc1CN1CCC(CN)C1. The average molecular weight is 218 g/mol. The second kappa shape index (κ2) is 5.46. The van der Waals surface area contributed by atoms with E-state index in [0.717, 1.165) is 19.5 Å². The molecule has 2 nitrogen and oxygen atoms in total. The van der Waals surface area contributed by atoms with Crippen molar-refractivity contribution in [1.29, 1.82) is 0 Å². The van der Waals surface area contributed by atoms with E-state index >= 15 is 0 Å². The van der Waals surface area contributed by atoms with E-state index in [2.05, 4.69) is 36.1 Å². The maximum absolute atomic E-state index is 5.72. The number of nitrogens with two attached hydrogens (primary N) is 1. The predicted octanol–water partition coefficient (Wildman–Crippen LogP) is 2.03. The lowest BCUT2D eigenvalue weighted by atomic mass is 10.1. The van der Waals surface area contributed by atoms with Gasteiger partial charge < -0.3 is 5.73 Å². The molecule has 16 heavy (non-hydrogen) atoms. The van der Waals surface area contributed by atoms with E-state index in [9.17, 15) is 0 Å². The highest BCUT2D eigenvalue weighted by molar-refractivity contribution is 5.27. The van der Waals surface area contributed by atoms with Crippen molar-refractivity contribution in [1.82, 2.24) is 4.90 Å². The summed E-state index contributed by atoms with van der Waals surface area (Å²) in [7, 11) is 0. The highest BCUT2D eigenvalue weighted by Gasteiger charge is 2.21. The molecule has 1 saturated heterocycles. The average Bonchev–Trinajstić information content (AvgIpc) is 2.77. The first kappa shape index (κ1) is 11.6. The molecular formula is C14H22N2. The monoisotopic (exact) mass is 218 g/mol. The van der Waals surface area contributed by atoms with E-state index in [0.29, 0.717) is 5.92 Å². The minimum Gasteiger partial charge on any atom is -0.330 e. The molecule has 2 heteroatoms. The normalized spacial score (nSPS) is 21.5. The Bertz CT molecular complexity index is 335. The summed E-state index contributed by atoms with van der Waals surface area (Å²) in [6.45, 7) is 6.55. The standard InChI is InChI=1S/C14H22N2/c1-2-13-5-3-4-6-14(13)11-16-8-7-12(9-15)10-16/h3-6,12H,2,7-11,15H2,1H3. The van der Waals surface area contributed by atoms with Gasteiger partial charge in [0.25, 0.3) is 0 Å². The van der Waals surface area contributed by atoms with Crippen LogP contribution in [0.1, 0.15) is 24.5 Å². The number of nitrogens with zero attached hydrogens (tertiary/aromatic N) is 1. The fourth-order valence-corrected chi connectivity index (χ4v) is 2.55. The molecule has 1 atom stereocenters. The first-order valence-corrected chi connectivity index (χ1v) is 6.32. The molecule has 1 aromatic carbocycles. The first-order valence-electron chi connectivity index (χ1n) is 6.32. The number of rotatable bonds is 4. The number of likely N-dealkylation sites (tertiary alicyclic amines) is 1. The summed E-state index contributed by atoms with van der Waals surface area (Å²) in [6.07, 6.45) is 2.40. The van der Waals surface area contributed by atoms with Crippen LogP contribution in [0.3, 0.4) is 0 Å². The Labute approximate surface area is 98.4 Å². The van der Waals surface area contributed by atoms with E-state index in [1.165, 1.54) is 30.6 Å². The highest BCUT2D eigenvalue weighted by Crippen LogP contribution is 2.19. The zero-order valence-electron chi connectivity index (χ0n) is 10.2. The molecule has 1 aromatic rings. The Kier molecular flexibility index (Phi) is 3.97. The van der Waals surface area contributed by atoms with Crippen LogP contribution >= 0.6 is 0 Å². The number of hydrogen-bond acceptors (Lipinski definition) is 2. The molecule has 0 saturated carbocycles. The molecule has 0 amide bonds. The van der Waals surface area contributed by atoms with E-state index in [1.54, 1.807) is 0 Å². The summed E-state index contributed by atoms with van der Waals surface area (Å²) < 4.78 is 0. The third-order valence-corrected chi connectivity index (χ3v) is 3.60. The summed E-state index contributed by atoms with van der Waals surface area (Å²) in [5, 5.41) is 0. The molecule has 2 rings (SSSR count). The van der Waals surface area contributed by atoms with Crippen LogP contribution in [-0.4, -0.2) is 24.5 Å². The van der Waals surface area contributed by atoms with Gasteiger partial charge in [-0.3, -0.25) is 4.90 Å². The molecule has 1 heterocycles. The summed E-state index contributed by atoms with van der Waals surface area (Å²) in [6, 6.07) is 8.78. The Morgan fingerprint density at radius 2 is 2.06 bits per heavy atom. The third kappa shape index (κ3) is 2.63. The fraction of sp³-hybridized carbons (Fsp3) is 0.571. The van der Waals surface area contributed by atoms with Crippen LogP contribution in [0.2, 0.25) is 0 Å². The molecule has 0 aliphatic carbocycles. The predicted molar refractivity (Wildman–Crippen MR) is 68.3 cm³/mol. The van der Waals surface area contributed by atoms with Crippen molar-refractivity contribution in [2.75, 3.05) is 19.6 Å². The van der Waals surface area contributed by atoms with Gasteiger partial charge in [-0.1, -0.05) is 31.2 Å². The Morgan fingerprint density at radius 3 is 2.69 bits per heavy atom. The Morgan fingerprint density at radius 1 is 1.31 bits per heavy atom. The summed E-state index contributed by atoms with van der Waals surface area (Å²) in [5.74, 6) is 0.716.